The van der Waals surface area contributed by atoms with Crippen LogP contribution >= 0.6 is 0 Å². The van der Waals surface area contributed by atoms with Crippen LogP contribution in [0.2, 0.25) is 0 Å². The molecule has 120 valence electrons. The smallest absolute Gasteiger partial charge is 0.00818 e. The van der Waals surface area contributed by atoms with Crippen LogP contribution in [0.3, 0.4) is 0 Å². The van der Waals surface area contributed by atoms with Gasteiger partial charge in [0.25, 0.3) is 0 Å². The Labute approximate surface area is 132 Å². The van der Waals surface area contributed by atoms with Crippen LogP contribution in [0.15, 0.2) is 24.3 Å². The summed E-state index contributed by atoms with van der Waals surface area (Å²) in [5, 5.41) is 0. The zero-order valence-electron chi connectivity index (χ0n) is 15.2. The fourth-order valence-electron chi connectivity index (χ4n) is 3.17. The van der Waals surface area contributed by atoms with Gasteiger partial charge in [0.05, 0.1) is 0 Å². The Morgan fingerprint density at radius 3 is 1.90 bits per heavy atom. The van der Waals surface area contributed by atoms with Crippen molar-refractivity contribution in [1.29, 1.82) is 0 Å². The summed E-state index contributed by atoms with van der Waals surface area (Å²) < 4.78 is 0. The van der Waals surface area contributed by atoms with Crippen molar-refractivity contribution < 1.29 is 0 Å². The van der Waals surface area contributed by atoms with Gasteiger partial charge < -0.3 is 5.73 Å². The van der Waals surface area contributed by atoms with E-state index in [1.807, 2.05) is 0 Å². The molecule has 0 radical (unpaired) electrons. The van der Waals surface area contributed by atoms with E-state index in [2.05, 4.69) is 72.7 Å². The van der Waals surface area contributed by atoms with Gasteiger partial charge in [0.15, 0.2) is 0 Å². The number of rotatable bonds is 5. The quantitative estimate of drug-likeness (QED) is 0.780. The standard InChI is InChI=1S/C20H35N/c1-15(14-19(2,3)4)12-18(21)13-16-8-10-17(11-9-16)20(5,6)7/h8-11,15,18H,12-14,21H2,1-7H3. The van der Waals surface area contributed by atoms with Gasteiger partial charge in [-0.25, -0.2) is 0 Å². The largest absolute Gasteiger partial charge is 0.327 e. The van der Waals surface area contributed by atoms with Crippen LogP contribution < -0.4 is 5.73 Å². The summed E-state index contributed by atoms with van der Waals surface area (Å²) in [7, 11) is 0. The molecule has 0 saturated heterocycles. The van der Waals surface area contributed by atoms with E-state index in [-0.39, 0.29) is 11.5 Å². The summed E-state index contributed by atoms with van der Waals surface area (Å²) in [6.45, 7) is 16.0. The Hall–Kier alpha value is -0.820. The first-order chi connectivity index (χ1) is 9.47. The Morgan fingerprint density at radius 2 is 1.48 bits per heavy atom. The van der Waals surface area contributed by atoms with Crippen molar-refractivity contribution in [2.24, 2.45) is 17.1 Å². The molecule has 0 saturated carbocycles. The zero-order chi connectivity index (χ0) is 16.3. The SMILES string of the molecule is CC(CC(N)Cc1ccc(C(C)(C)C)cc1)CC(C)(C)C. The molecule has 0 heterocycles. The van der Waals surface area contributed by atoms with Gasteiger partial charge in [-0.15, -0.1) is 0 Å². The van der Waals surface area contributed by atoms with Crippen molar-refractivity contribution >= 4 is 0 Å². The van der Waals surface area contributed by atoms with Gasteiger partial charge in [-0.05, 0) is 47.1 Å². The molecule has 0 spiro atoms. The van der Waals surface area contributed by atoms with Crippen LogP contribution in [0, 0.1) is 11.3 Å². The Morgan fingerprint density at radius 1 is 0.952 bits per heavy atom. The number of nitrogens with two attached hydrogens (primary N) is 1. The van der Waals surface area contributed by atoms with Crippen molar-refractivity contribution in [2.45, 2.75) is 79.2 Å². The van der Waals surface area contributed by atoms with Gasteiger partial charge in [0.2, 0.25) is 0 Å². The lowest BCUT2D eigenvalue weighted by Crippen LogP contribution is -2.27. The van der Waals surface area contributed by atoms with Crippen LogP contribution in [-0.4, -0.2) is 6.04 Å². The predicted octanol–water partition coefficient (Wildman–Crippen LogP) is 5.32. The van der Waals surface area contributed by atoms with Crippen molar-refractivity contribution in [1.82, 2.24) is 0 Å². The summed E-state index contributed by atoms with van der Waals surface area (Å²) in [6.07, 6.45) is 3.33. The van der Waals surface area contributed by atoms with Crippen molar-refractivity contribution in [3.05, 3.63) is 35.4 Å². The van der Waals surface area contributed by atoms with Gasteiger partial charge in [-0.1, -0.05) is 72.7 Å². The lowest BCUT2D eigenvalue weighted by molar-refractivity contribution is 0.285. The molecule has 1 nitrogen and oxygen atoms in total. The summed E-state index contributed by atoms with van der Waals surface area (Å²) in [6, 6.07) is 9.26. The molecule has 1 aromatic carbocycles. The second-order valence-electron chi connectivity index (χ2n) is 9.02. The highest BCUT2D eigenvalue weighted by Gasteiger charge is 2.18. The van der Waals surface area contributed by atoms with E-state index in [0.717, 1.165) is 12.8 Å². The van der Waals surface area contributed by atoms with Crippen LogP contribution in [0.25, 0.3) is 0 Å². The average Bonchev–Trinajstić information content (AvgIpc) is 2.25. The molecule has 1 rings (SSSR count). The molecule has 0 aromatic heterocycles. The monoisotopic (exact) mass is 289 g/mol. The average molecular weight is 290 g/mol. The maximum atomic E-state index is 6.35. The van der Waals surface area contributed by atoms with Crippen LogP contribution in [-0.2, 0) is 11.8 Å². The summed E-state index contributed by atoms with van der Waals surface area (Å²) in [5.41, 5.74) is 9.72. The third-order valence-corrected chi connectivity index (χ3v) is 3.98. The molecule has 0 bridgehead atoms. The zero-order valence-corrected chi connectivity index (χ0v) is 15.2. The normalized spacial score (nSPS) is 15.8. The topological polar surface area (TPSA) is 26.0 Å². The summed E-state index contributed by atoms with van der Waals surface area (Å²) in [4.78, 5) is 0. The van der Waals surface area contributed by atoms with Crippen LogP contribution in [0.4, 0.5) is 0 Å². The van der Waals surface area contributed by atoms with Crippen molar-refractivity contribution in [3.8, 4) is 0 Å². The minimum absolute atomic E-state index is 0.224. The second kappa shape index (κ2) is 6.96. The third-order valence-electron chi connectivity index (χ3n) is 3.98. The highest BCUT2D eigenvalue weighted by Crippen LogP contribution is 2.27. The first-order valence-electron chi connectivity index (χ1n) is 8.32. The molecule has 1 aromatic rings. The Balaban J connectivity index is 2.53. The highest BCUT2D eigenvalue weighted by molar-refractivity contribution is 5.27. The lowest BCUT2D eigenvalue weighted by atomic mass is 9.82. The molecule has 0 fully saturated rings. The van der Waals surface area contributed by atoms with E-state index in [4.69, 9.17) is 5.73 Å². The highest BCUT2D eigenvalue weighted by atomic mass is 14.6. The van der Waals surface area contributed by atoms with Crippen molar-refractivity contribution in [3.63, 3.8) is 0 Å². The minimum Gasteiger partial charge on any atom is -0.327 e. The van der Waals surface area contributed by atoms with Crippen LogP contribution in [0.5, 0.6) is 0 Å². The van der Waals surface area contributed by atoms with E-state index in [0.29, 0.717) is 11.3 Å². The molecule has 0 aliphatic heterocycles. The first-order valence-corrected chi connectivity index (χ1v) is 8.32. The summed E-state index contributed by atoms with van der Waals surface area (Å²) in [5.74, 6) is 0.689. The number of hydrogen-bond donors (Lipinski definition) is 1. The van der Waals surface area contributed by atoms with E-state index >= 15 is 0 Å². The fraction of sp³-hybridized carbons (Fsp3) is 0.700. The lowest BCUT2D eigenvalue weighted by Gasteiger charge is -2.25. The fourth-order valence-corrected chi connectivity index (χ4v) is 3.17. The maximum Gasteiger partial charge on any atom is 0.00818 e. The third kappa shape index (κ3) is 7.13. The molecular formula is C20H35N. The molecular weight excluding hydrogens is 254 g/mol. The van der Waals surface area contributed by atoms with Gasteiger partial charge >= 0.3 is 0 Å². The maximum absolute atomic E-state index is 6.35. The van der Waals surface area contributed by atoms with E-state index < -0.39 is 0 Å². The van der Waals surface area contributed by atoms with Gasteiger partial charge in [0.1, 0.15) is 0 Å². The Bertz CT molecular complexity index is 417. The van der Waals surface area contributed by atoms with Crippen molar-refractivity contribution in [2.75, 3.05) is 0 Å². The first kappa shape index (κ1) is 18.2. The number of benzene rings is 1. The molecule has 2 unspecified atom stereocenters. The number of hydrogen-bond acceptors (Lipinski definition) is 1. The molecule has 0 aliphatic rings. The summed E-state index contributed by atoms with van der Waals surface area (Å²) >= 11 is 0. The molecule has 2 atom stereocenters. The molecule has 2 N–H and O–H groups in total. The van der Waals surface area contributed by atoms with E-state index in [9.17, 15) is 0 Å². The van der Waals surface area contributed by atoms with Crippen LogP contribution in [0.1, 0.15) is 72.4 Å². The second-order valence-corrected chi connectivity index (χ2v) is 9.02. The molecule has 0 amide bonds. The Kier molecular flexibility index (Phi) is 6.04. The molecule has 21 heavy (non-hydrogen) atoms. The van der Waals surface area contributed by atoms with Gasteiger partial charge in [-0.2, -0.15) is 0 Å². The van der Waals surface area contributed by atoms with Gasteiger partial charge in [-0.3, -0.25) is 0 Å². The molecule has 1 heteroatoms. The van der Waals surface area contributed by atoms with E-state index in [1.54, 1.807) is 0 Å². The predicted molar refractivity (Wildman–Crippen MR) is 94.7 cm³/mol. The van der Waals surface area contributed by atoms with E-state index in [1.165, 1.54) is 17.5 Å². The minimum atomic E-state index is 0.224. The molecule has 0 aliphatic carbocycles. The van der Waals surface area contributed by atoms with Gasteiger partial charge in [0, 0.05) is 6.04 Å².